The maximum absolute atomic E-state index is 14.1. The molecule has 0 spiro atoms. The van der Waals surface area contributed by atoms with E-state index in [0.29, 0.717) is 25.1 Å². The van der Waals surface area contributed by atoms with Gasteiger partial charge in [-0.3, -0.25) is 19.4 Å². The molecular formula is C35H50N4O9. The van der Waals surface area contributed by atoms with Crippen LogP contribution in [0.3, 0.4) is 0 Å². The number of amides is 2. The predicted octanol–water partition coefficient (Wildman–Crippen LogP) is 3.25. The fourth-order valence-electron chi connectivity index (χ4n) is 6.12. The Morgan fingerprint density at radius 2 is 1.75 bits per heavy atom. The fraction of sp³-hybridized carbons (Fsp3) is 0.571. The fourth-order valence-corrected chi connectivity index (χ4v) is 6.12. The van der Waals surface area contributed by atoms with Crippen LogP contribution in [0.5, 0.6) is 0 Å². The molecule has 13 heteroatoms. The highest BCUT2D eigenvalue weighted by molar-refractivity contribution is 6.32. The molecule has 0 aromatic carbocycles. The molecule has 6 unspecified atom stereocenters. The van der Waals surface area contributed by atoms with Crippen LogP contribution < -0.4 is 11.1 Å². The van der Waals surface area contributed by atoms with E-state index in [1.807, 2.05) is 11.9 Å². The highest BCUT2D eigenvalue weighted by atomic mass is 16.6. The van der Waals surface area contributed by atoms with Gasteiger partial charge >= 0.3 is 6.09 Å². The first-order valence-electron chi connectivity index (χ1n) is 16.3. The standard InChI is InChI=1S/C35H50N4O9/c1-20-16-24-30(41)28(25(31(42)33(24)47-7)19-37-39-14-9-8-10-15-39)38-34(43)21(2)12-11-13-26(45-5)32(48-35(36)44)23(4)18-22(3)29(40)27(17-20)46-6/h11-13,18-20,22,26-27,29,32,40H,8-10,14-17H2,1-7H3,(H2,36,44)(H,38,43)/b13-11?,21-12?,23-18?,37-19+. The van der Waals surface area contributed by atoms with E-state index >= 15 is 0 Å². The topological polar surface area (TPSA) is 179 Å². The molecule has 0 aromatic rings. The van der Waals surface area contributed by atoms with Gasteiger partial charge in [0, 0.05) is 44.4 Å². The van der Waals surface area contributed by atoms with Crippen molar-refractivity contribution >= 4 is 29.8 Å². The molecule has 3 aliphatic rings. The number of allylic oxidation sites excluding steroid dienone is 4. The Hall–Kier alpha value is -4.07. The summed E-state index contributed by atoms with van der Waals surface area (Å²) in [4.78, 5) is 53.3. The zero-order valence-electron chi connectivity index (χ0n) is 29.0. The van der Waals surface area contributed by atoms with Crippen molar-refractivity contribution in [1.82, 2.24) is 10.3 Å². The SMILES string of the molecule is COC1=C2CC(C)CC(OC)C(O)C(C)C=C(C)C(OC(N)=O)C(OC)C=CC=C(C)C(=O)NC(=C(/C=N/N3CCCCC3)C1=O)C2=O. The monoisotopic (exact) mass is 670 g/mol. The van der Waals surface area contributed by atoms with Crippen LogP contribution in [-0.4, -0.2) is 98.7 Å². The number of ether oxygens (including phenoxy) is 4. The van der Waals surface area contributed by atoms with Crippen molar-refractivity contribution in [3.8, 4) is 0 Å². The average Bonchev–Trinajstić information content (AvgIpc) is 3.06. The number of carbonyl (C=O) groups excluding carboxylic acids is 4. The van der Waals surface area contributed by atoms with E-state index in [0.717, 1.165) is 19.3 Å². The van der Waals surface area contributed by atoms with E-state index < -0.39 is 53.9 Å². The number of methoxy groups -OCH3 is 3. The van der Waals surface area contributed by atoms with E-state index in [4.69, 9.17) is 24.7 Å². The number of aliphatic hydroxyl groups is 1. The van der Waals surface area contributed by atoms with Gasteiger partial charge in [-0.25, -0.2) is 4.79 Å². The van der Waals surface area contributed by atoms with Gasteiger partial charge in [-0.2, -0.15) is 5.10 Å². The summed E-state index contributed by atoms with van der Waals surface area (Å²) in [7, 11) is 4.25. The Morgan fingerprint density at radius 1 is 1.06 bits per heavy atom. The molecule has 0 aromatic heterocycles. The Labute approximate surface area is 282 Å². The molecule has 3 rings (SSSR count). The number of aliphatic hydroxyl groups excluding tert-OH is 1. The number of nitrogens with zero attached hydrogens (tertiary/aromatic N) is 2. The average molecular weight is 671 g/mol. The maximum atomic E-state index is 14.1. The number of primary amides is 1. The number of Topliss-reactive ketones (excluding diaryl/α,β-unsaturated/α-hetero) is 2. The van der Waals surface area contributed by atoms with Crippen LogP contribution in [0, 0.1) is 11.8 Å². The molecule has 13 nitrogen and oxygen atoms in total. The molecule has 0 radical (unpaired) electrons. The maximum Gasteiger partial charge on any atom is 0.405 e. The molecule has 2 heterocycles. The van der Waals surface area contributed by atoms with Crippen LogP contribution in [0.4, 0.5) is 4.79 Å². The van der Waals surface area contributed by atoms with Crippen molar-refractivity contribution < 1.29 is 43.2 Å². The second-order valence-corrected chi connectivity index (χ2v) is 12.5. The molecule has 1 aliphatic carbocycles. The Bertz CT molecular complexity index is 1400. The number of hydrogen-bond acceptors (Lipinski definition) is 11. The number of hydrogen-bond donors (Lipinski definition) is 3. The zero-order chi connectivity index (χ0) is 35.5. The second kappa shape index (κ2) is 17.9. The summed E-state index contributed by atoms with van der Waals surface area (Å²) in [6.45, 7) is 8.39. The number of nitrogens with two attached hydrogens (primary N) is 1. The number of ketones is 2. The van der Waals surface area contributed by atoms with Crippen LogP contribution in [0.1, 0.15) is 59.8 Å². The minimum atomic E-state index is -1.01. The molecule has 6 atom stereocenters. The van der Waals surface area contributed by atoms with E-state index in [2.05, 4.69) is 10.4 Å². The largest absolute Gasteiger partial charge is 0.492 e. The first-order chi connectivity index (χ1) is 22.8. The Morgan fingerprint density at radius 3 is 2.35 bits per heavy atom. The number of piperidine rings is 1. The van der Waals surface area contributed by atoms with Gasteiger partial charge in [-0.05, 0) is 57.4 Å². The third-order valence-electron chi connectivity index (χ3n) is 8.82. The van der Waals surface area contributed by atoms with Crippen LogP contribution >= 0.6 is 0 Å². The predicted molar refractivity (Wildman–Crippen MR) is 179 cm³/mol. The molecule has 48 heavy (non-hydrogen) atoms. The number of nitrogens with one attached hydrogen (secondary N) is 1. The second-order valence-electron chi connectivity index (χ2n) is 12.5. The lowest BCUT2D eigenvalue weighted by Crippen LogP contribution is -2.38. The summed E-state index contributed by atoms with van der Waals surface area (Å²) < 4.78 is 22.2. The van der Waals surface area contributed by atoms with Gasteiger partial charge in [-0.15, -0.1) is 0 Å². The van der Waals surface area contributed by atoms with E-state index in [1.165, 1.54) is 33.6 Å². The summed E-state index contributed by atoms with van der Waals surface area (Å²) >= 11 is 0. The van der Waals surface area contributed by atoms with Crippen molar-refractivity contribution in [2.45, 2.75) is 84.2 Å². The van der Waals surface area contributed by atoms with E-state index in [-0.39, 0.29) is 40.5 Å². The summed E-state index contributed by atoms with van der Waals surface area (Å²) in [5.41, 5.74) is 6.03. The molecule has 2 aliphatic heterocycles. The van der Waals surface area contributed by atoms with Gasteiger partial charge in [0.15, 0.2) is 11.9 Å². The summed E-state index contributed by atoms with van der Waals surface area (Å²) in [6, 6.07) is 0. The minimum Gasteiger partial charge on any atom is -0.492 e. The third kappa shape index (κ3) is 9.74. The van der Waals surface area contributed by atoms with E-state index in [9.17, 15) is 24.3 Å². The summed E-state index contributed by atoms with van der Waals surface area (Å²) in [5.74, 6) is -2.58. The zero-order valence-corrected chi connectivity index (χ0v) is 29.0. The van der Waals surface area contributed by atoms with Gasteiger partial charge in [0.25, 0.3) is 5.91 Å². The molecule has 1 saturated heterocycles. The number of hydrazone groups is 1. The van der Waals surface area contributed by atoms with Crippen molar-refractivity contribution in [2.24, 2.45) is 22.7 Å². The van der Waals surface area contributed by atoms with Crippen LogP contribution in [0.15, 0.2) is 63.2 Å². The first kappa shape index (κ1) is 38.4. The van der Waals surface area contributed by atoms with Crippen molar-refractivity contribution in [3.63, 3.8) is 0 Å². The molecule has 1 fully saturated rings. The van der Waals surface area contributed by atoms with Crippen LogP contribution in [0.25, 0.3) is 0 Å². The van der Waals surface area contributed by atoms with E-state index in [1.54, 1.807) is 39.0 Å². The number of carbonyl (C=O) groups is 4. The highest BCUT2D eigenvalue weighted by Gasteiger charge is 2.38. The smallest absolute Gasteiger partial charge is 0.405 e. The van der Waals surface area contributed by atoms with Crippen molar-refractivity contribution in [2.75, 3.05) is 34.4 Å². The van der Waals surface area contributed by atoms with Gasteiger partial charge in [0.2, 0.25) is 11.6 Å². The highest BCUT2D eigenvalue weighted by Crippen LogP contribution is 2.31. The molecule has 0 saturated carbocycles. The van der Waals surface area contributed by atoms with Crippen LogP contribution in [0.2, 0.25) is 0 Å². The van der Waals surface area contributed by atoms with Gasteiger partial charge in [-0.1, -0.05) is 38.2 Å². The third-order valence-corrected chi connectivity index (χ3v) is 8.82. The Balaban J connectivity index is 2.15. The van der Waals surface area contributed by atoms with Crippen LogP contribution in [-0.2, 0) is 33.3 Å². The van der Waals surface area contributed by atoms with Gasteiger partial charge < -0.3 is 35.1 Å². The van der Waals surface area contributed by atoms with Gasteiger partial charge in [0.1, 0.15) is 11.8 Å². The molecular weight excluding hydrogens is 620 g/mol. The normalized spacial score (nSPS) is 28.8. The summed E-state index contributed by atoms with van der Waals surface area (Å²) in [6.07, 6.45) is 6.77. The summed E-state index contributed by atoms with van der Waals surface area (Å²) in [5, 5.41) is 20.3. The molecule has 264 valence electrons. The lowest BCUT2D eigenvalue weighted by Gasteiger charge is -2.30. The molecule has 4 N–H and O–H groups in total. The first-order valence-corrected chi connectivity index (χ1v) is 16.3. The lowest BCUT2D eigenvalue weighted by atomic mass is 9.84. The van der Waals surface area contributed by atoms with Crippen molar-refractivity contribution in [3.05, 3.63) is 58.1 Å². The number of rotatable bonds is 6. The molecule has 2 bridgehead atoms. The quantitative estimate of drug-likeness (QED) is 0.216. The number of fused-ring (bicyclic) bond motifs is 2. The van der Waals surface area contributed by atoms with Gasteiger partial charge in [0.05, 0.1) is 31.1 Å². The molecule has 2 amide bonds. The lowest BCUT2D eigenvalue weighted by molar-refractivity contribution is -0.121. The van der Waals surface area contributed by atoms with Crippen molar-refractivity contribution in [1.29, 1.82) is 0 Å². The minimum absolute atomic E-state index is 0.0761. The Kier molecular flexibility index (Phi) is 14.3.